The van der Waals surface area contributed by atoms with Crippen LogP contribution < -0.4 is 10.5 Å². The van der Waals surface area contributed by atoms with Crippen molar-refractivity contribution in [2.45, 2.75) is 52.1 Å². The Hall–Kier alpha value is -2.78. The lowest BCUT2D eigenvalue weighted by Crippen LogP contribution is -2.38. The highest BCUT2D eigenvalue weighted by Crippen LogP contribution is 2.33. The van der Waals surface area contributed by atoms with E-state index < -0.39 is 0 Å². The summed E-state index contributed by atoms with van der Waals surface area (Å²) in [5.74, 6) is 0.709. The summed E-state index contributed by atoms with van der Waals surface area (Å²) in [5.41, 5.74) is 8.28. The minimum Gasteiger partial charge on any atom is -0.465 e. The molecule has 1 aromatic carbocycles. The van der Waals surface area contributed by atoms with Gasteiger partial charge in [0.2, 0.25) is 5.95 Å². The molecular formula is C26H38FN7O. The lowest BCUT2D eigenvalue weighted by atomic mass is 9.98. The molecule has 9 heteroatoms. The minimum absolute atomic E-state index is 0.266. The second-order valence-corrected chi connectivity index (χ2v) is 9.61. The van der Waals surface area contributed by atoms with Gasteiger partial charge in [0.05, 0.1) is 17.6 Å². The van der Waals surface area contributed by atoms with Gasteiger partial charge in [0, 0.05) is 56.2 Å². The maximum absolute atomic E-state index is 13.7. The van der Waals surface area contributed by atoms with E-state index in [2.05, 4.69) is 43.3 Å². The zero-order valence-electron chi connectivity index (χ0n) is 21.2. The Balaban J connectivity index is 1.29. The molecule has 1 aliphatic rings. The molecule has 8 nitrogen and oxygen atoms in total. The first-order chi connectivity index (χ1) is 17.0. The Morgan fingerprint density at radius 2 is 1.94 bits per heavy atom. The number of hydrogen-bond acceptors (Lipinski definition) is 7. The molecular weight excluding hydrogens is 445 g/mol. The third-order valence-corrected chi connectivity index (χ3v) is 7.01. The number of nitrogen functional groups attached to an aromatic ring is 1. The molecule has 35 heavy (non-hydrogen) atoms. The number of piperidine rings is 1. The van der Waals surface area contributed by atoms with Crippen molar-refractivity contribution in [1.82, 2.24) is 29.3 Å². The molecule has 4 rings (SSSR count). The van der Waals surface area contributed by atoms with Gasteiger partial charge in [-0.3, -0.25) is 4.57 Å². The average molecular weight is 484 g/mol. The van der Waals surface area contributed by atoms with E-state index in [0.717, 1.165) is 63.1 Å². The van der Waals surface area contributed by atoms with Gasteiger partial charge in [0.15, 0.2) is 0 Å². The van der Waals surface area contributed by atoms with E-state index in [-0.39, 0.29) is 5.82 Å². The van der Waals surface area contributed by atoms with Crippen LogP contribution >= 0.6 is 0 Å². The van der Waals surface area contributed by atoms with Gasteiger partial charge in [-0.15, -0.1) is 0 Å². The Morgan fingerprint density at radius 1 is 1.20 bits per heavy atom. The number of ether oxygens (including phenoxy) is 1. The van der Waals surface area contributed by atoms with Crippen molar-refractivity contribution >= 4 is 17.0 Å². The topological polar surface area (TPSA) is 85.3 Å². The smallest absolute Gasteiger partial charge is 0.297 e. The van der Waals surface area contributed by atoms with Crippen molar-refractivity contribution in [2.75, 3.05) is 45.6 Å². The largest absolute Gasteiger partial charge is 0.465 e. The third-order valence-electron chi connectivity index (χ3n) is 7.01. The molecule has 0 saturated carbocycles. The van der Waals surface area contributed by atoms with Gasteiger partial charge in [-0.2, -0.15) is 4.98 Å². The van der Waals surface area contributed by atoms with Crippen LogP contribution in [0.3, 0.4) is 0 Å². The van der Waals surface area contributed by atoms with E-state index >= 15 is 0 Å². The van der Waals surface area contributed by atoms with Crippen molar-refractivity contribution in [3.8, 4) is 6.01 Å². The van der Waals surface area contributed by atoms with Crippen LogP contribution in [0, 0.1) is 11.7 Å². The van der Waals surface area contributed by atoms with E-state index in [0.29, 0.717) is 36.0 Å². The van der Waals surface area contributed by atoms with Crippen LogP contribution in [0.1, 0.15) is 51.1 Å². The number of anilines is 1. The normalized spacial score (nSPS) is 16.3. The highest BCUT2D eigenvalue weighted by atomic mass is 19.1. The van der Waals surface area contributed by atoms with E-state index in [4.69, 9.17) is 10.5 Å². The molecule has 1 saturated heterocycles. The van der Waals surface area contributed by atoms with Crippen LogP contribution in [0.25, 0.3) is 11.0 Å². The van der Waals surface area contributed by atoms with Gasteiger partial charge in [-0.05, 0) is 57.8 Å². The van der Waals surface area contributed by atoms with Gasteiger partial charge in [0.25, 0.3) is 6.01 Å². The summed E-state index contributed by atoms with van der Waals surface area (Å²) in [4.78, 5) is 17.7. The molecule has 1 aliphatic heterocycles. The molecule has 0 amide bonds. The summed E-state index contributed by atoms with van der Waals surface area (Å²) < 4.78 is 21.7. The summed E-state index contributed by atoms with van der Waals surface area (Å²) in [6, 6.07) is 5.75. The van der Waals surface area contributed by atoms with E-state index in [9.17, 15) is 4.39 Å². The molecule has 0 bridgehead atoms. The monoisotopic (exact) mass is 483 g/mol. The standard InChI is InChI=1S/C26H38FN7O/c1-4-19(8-11-32(3)17-20-15-29-25(28)30-16-20)18-33-12-9-22(10-13-33)34-24-7-6-21(27)14-23(24)31-26(34)35-5-2/h6-7,14-16,19,22H,4-5,8-13,17-18H2,1-3H3,(H2,28,29,30). The summed E-state index contributed by atoms with van der Waals surface area (Å²) in [5, 5.41) is 0. The Labute approximate surface area is 207 Å². The molecule has 0 aliphatic carbocycles. The highest BCUT2D eigenvalue weighted by molar-refractivity contribution is 5.77. The van der Waals surface area contributed by atoms with Crippen LogP contribution in [0.2, 0.25) is 0 Å². The number of aromatic nitrogens is 4. The van der Waals surface area contributed by atoms with E-state index in [1.165, 1.54) is 18.6 Å². The zero-order valence-corrected chi connectivity index (χ0v) is 21.2. The first-order valence-corrected chi connectivity index (χ1v) is 12.7. The number of likely N-dealkylation sites (tertiary alicyclic amines) is 1. The molecule has 0 spiro atoms. The Bertz CT molecular complexity index is 1080. The fourth-order valence-corrected chi connectivity index (χ4v) is 5.02. The number of benzene rings is 1. The molecule has 1 fully saturated rings. The number of hydrogen-bond donors (Lipinski definition) is 1. The number of nitrogens with zero attached hydrogens (tertiary/aromatic N) is 6. The third kappa shape index (κ3) is 6.46. The van der Waals surface area contributed by atoms with Crippen molar-refractivity contribution in [2.24, 2.45) is 5.92 Å². The molecule has 1 unspecified atom stereocenters. The Kier molecular flexibility index (Phi) is 8.51. The lowest BCUT2D eigenvalue weighted by molar-refractivity contribution is 0.147. The molecule has 2 N–H and O–H groups in total. The van der Waals surface area contributed by atoms with E-state index in [1.807, 2.05) is 13.0 Å². The maximum Gasteiger partial charge on any atom is 0.297 e. The number of halogens is 1. The van der Waals surface area contributed by atoms with Crippen molar-refractivity contribution in [1.29, 1.82) is 0 Å². The van der Waals surface area contributed by atoms with Crippen LogP contribution in [0.15, 0.2) is 30.6 Å². The number of fused-ring (bicyclic) bond motifs is 1. The van der Waals surface area contributed by atoms with Crippen LogP contribution in [0.5, 0.6) is 6.01 Å². The molecule has 3 heterocycles. The molecule has 3 aromatic rings. The number of imidazole rings is 1. The molecule has 190 valence electrons. The van der Waals surface area contributed by atoms with Gasteiger partial charge >= 0.3 is 0 Å². The Morgan fingerprint density at radius 3 is 2.63 bits per heavy atom. The van der Waals surface area contributed by atoms with Crippen molar-refractivity contribution < 1.29 is 9.13 Å². The van der Waals surface area contributed by atoms with Crippen LogP contribution in [-0.4, -0.2) is 69.2 Å². The summed E-state index contributed by atoms with van der Waals surface area (Å²) in [6.45, 7) is 9.87. The predicted octanol–water partition coefficient (Wildman–Crippen LogP) is 4.13. The first-order valence-electron chi connectivity index (χ1n) is 12.7. The van der Waals surface area contributed by atoms with Crippen molar-refractivity contribution in [3.63, 3.8) is 0 Å². The zero-order chi connectivity index (χ0) is 24.8. The second kappa shape index (κ2) is 11.8. The SMILES string of the molecule is CCOc1nc2cc(F)ccc2n1C1CCN(CC(CC)CCN(C)Cc2cnc(N)nc2)CC1. The van der Waals surface area contributed by atoms with Gasteiger partial charge in [-0.1, -0.05) is 13.3 Å². The molecule has 1 atom stereocenters. The molecule has 2 aromatic heterocycles. The van der Waals surface area contributed by atoms with Crippen LogP contribution in [0.4, 0.5) is 10.3 Å². The van der Waals surface area contributed by atoms with Crippen LogP contribution in [-0.2, 0) is 6.54 Å². The fourth-order valence-electron chi connectivity index (χ4n) is 5.02. The first kappa shape index (κ1) is 25.3. The van der Waals surface area contributed by atoms with Crippen molar-refractivity contribution in [3.05, 3.63) is 42.0 Å². The molecule has 0 radical (unpaired) electrons. The minimum atomic E-state index is -0.266. The summed E-state index contributed by atoms with van der Waals surface area (Å²) >= 11 is 0. The maximum atomic E-state index is 13.7. The fraction of sp³-hybridized carbons (Fsp3) is 0.577. The summed E-state index contributed by atoms with van der Waals surface area (Å²) in [7, 11) is 2.14. The quantitative estimate of drug-likeness (QED) is 0.439. The van der Waals surface area contributed by atoms with Gasteiger partial charge in [0.1, 0.15) is 5.82 Å². The van der Waals surface area contributed by atoms with E-state index in [1.54, 1.807) is 12.4 Å². The lowest BCUT2D eigenvalue weighted by Gasteiger charge is -2.35. The second-order valence-electron chi connectivity index (χ2n) is 9.61. The highest BCUT2D eigenvalue weighted by Gasteiger charge is 2.26. The summed E-state index contributed by atoms with van der Waals surface area (Å²) in [6.07, 6.45) is 8.02. The van der Waals surface area contributed by atoms with Gasteiger partial charge < -0.3 is 20.3 Å². The predicted molar refractivity (Wildman–Crippen MR) is 137 cm³/mol. The van der Waals surface area contributed by atoms with Gasteiger partial charge in [-0.25, -0.2) is 14.4 Å². The number of nitrogens with two attached hydrogens (primary N) is 1. The average Bonchev–Trinajstić information content (AvgIpc) is 3.20. The number of rotatable bonds is 11.